The zero-order chi connectivity index (χ0) is 17.1. The quantitative estimate of drug-likeness (QED) is 0.832. The van der Waals surface area contributed by atoms with Crippen LogP contribution in [-0.2, 0) is 11.2 Å². The number of carbonyl (C=O) groups excluding carboxylic acids is 3. The van der Waals surface area contributed by atoms with Crippen LogP contribution in [0.3, 0.4) is 0 Å². The average molecular weight is 327 g/mol. The lowest BCUT2D eigenvalue weighted by Crippen LogP contribution is -2.50. The number of allylic oxidation sites excluding steroid dienone is 1. The molecule has 1 aromatic rings. The van der Waals surface area contributed by atoms with Gasteiger partial charge in [-0.15, -0.1) is 0 Å². The van der Waals surface area contributed by atoms with Gasteiger partial charge >= 0.3 is 12.1 Å². The summed E-state index contributed by atoms with van der Waals surface area (Å²) in [6.07, 6.45) is 4.86. The van der Waals surface area contributed by atoms with E-state index in [0.29, 0.717) is 19.4 Å². The van der Waals surface area contributed by atoms with Gasteiger partial charge in [0.1, 0.15) is 0 Å². The Labute approximate surface area is 140 Å². The first-order valence-electron chi connectivity index (χ1n) is 8.17. The predicted octanol–water partition coefficient (Wildman–Crippen LogP) is 1.87. The molecule has 1 fully saturated rings. The van der Waals surface area contributed by atoms with Crippen molar-refractivity contribution in [2.75, 3.05) is 6.54 Å². The van der Waals surface area contributed by atoms with Crippen molar-refractivity contribution in [2.45, 2.75) is 31.8 Å². The summed E-state index contributed by atoms with van der Waals surface area (Å²) in [6, 6.07) is 8.20. The number of rotatable bonds is 3. The standard InChI is InChI=1S/C18H21N3O3/c1-12-6-5-9-15(16(12)22)20-18(24)21-11-14(19-17(21)23)10-13-7-3-2-4-8-13/h2-8,12,14-15H,9-11H2,1H3,(H,19,23)(H,20,24)/t12?,14-,15?/m1/s1. The lowest BCUT2D eigenvalue weighted by Gasteiger charge is -2.24. The first-order chi connectivity index (χ1) is 11.5. The van der Waals surface area contributed by atoms with E-state index in [1.807, 2.05) is 42.5 Å². The highest BCUT2D eigenvalue weighted by molar-refractivity contribution is 5.98. The summed E-state index contributed by atoms with van der Waals surface area (Å²) in [4.78, 5) is 37.6. The maximum absolute atomic E-state index is 12.4. The van der Waals surface area contributed by atoms with Crippen LogP contribution >= 0.6 is 0 Å². The van der Waals surface area contributed by atoms with Crippen LogP contribution in [-0.4, -0.2) is 41.4 Å². The van der Waals surface area contributed by atoms with Gasteiger partial charge in [-0.05, 0) is 18.4 Å². The summed E-state index contributed by atoms with van der Waals surface area (Å²) in [5, 5.41) is 5.50. The Morgan fingerprint density at radius 1 is 1.29 bits per heavy atom. The molecule has 0 spiro atoms. The van der Waals surface area contributed by atoms with Gasteiger partial charge in [0, 0.05) is 5.92 Å². The van der Waals surface area contributed by atoms with Crippen LogP contribution in [0.1, 0.15) is 18.9 Å². The average Bonchev–Trinajstić information content (AvgIpc) is 2.93. The molecule has 126 valence electrons. The van der Waals surface area contributed by atoms with E-state index in [4.69, 9.17) is 0 Å². The number of Topliss-reactive ketones (excluding diaryl/α,β-unsaturated/α-hetero) is 1. The third kappa shape index (κ3) is 3.48. The Balaban J connectivity index is 1.58. The van der Waals surface area contributed by atoms with Crippen LogP contribution in [0.15, 0.2) is 42.5 Å². The highest BCUT2D eigenvalue weighted by atomic mass is 16.2. The van der Waals surface area contributed by atoms with Crippen LogP contribution in [0.5, 0.6) is 0 Å². The lowest BCUT2D eigenvalue weighted by molar-refractivity contribution is -0.123. The summed E-state index contributed by atoms with van der Waals surface area (Å²) in [6.45, 7) is 2.10. The van der Waals surface area contributed by atoms with Crippen molar-refractivity contribution < 1.29 is 14.4 Å². The Morgan fingerprint density at radius 2 is 2.04 bits per heavy atom. The lowest BCUT2D eigenvalue weighted by atomic mass is 9.92. The van der Waals surface area contributed by atoms with E-state index in [1.165, 1.54) is 0 Å². The van der Waals surface area contributed by atoms with Crippen LogP contribution in [0, 0.1) is 5.92 Å². The SMILES string of the molecule is CC1C=CCC(NC(=O)N2C[C@@H](Cc3ccccc3)NC2=O)C1=O. The Morgan fingerprint density at radius 3 is 2.79 bits per heavy atom. The van der Waals surface area contributed by atoms with E-state index in [0.717, 1.165) is 10.5 Å². The molecule has 1 heterocycles. The molecule has 3 rings (SSSR count). The summed E-state index contributed by atoms with van der Waals surface area (Å²) in [5.41, 5.74) is 1.10. The van der Waals surface area contributed by atoms with E-state index in [1.54, 1.807) is 6.92 Å². The molecule has 0 saturated carbocycles. The topological polar surface area (TPSA) is 78.5 Å². The molecule has 1 aliphatic heterocycles. The van der Waals surface area contributed by atoms with E-state index in [9.17, 15) is 14.4 Å². The highest BCUT2D eigenvalue weighted by Gasteiger charge is 2.35. The molecule has 0 bridgehead atoms. The Kier molecular flexibility index (Phi) is 4.64. The first-order valence-corrected chi connectivity index (χ1v) is 8.17. The van der Waals surface area contributed by atoms with Gasteiger partial charge in [0.05, 0.1) is 18.6 Å². The van der Waals surface area contributed by atoms with Crippen molar-refractivity contribution in [1.82, 2.24) is 15.5 Å². The van der Waals surface area contributed by atoms with Crippen molar-refractivity contribution in [1.29, 1.82) is 0 Å². The van der Waals surface area contributed by atoms with Gasteiger partial charge in [0.2, 0.25) is 0 Å². The van der Waals surface area contributed by atoms with Gasteiger partial charge < -0.3 is 10.6 Å². The van der Waals surface area contributed by atoms with Crippen molar-refractivity contribution >= 4 is 17.8 Å². The minimum atomic E-state index is -0.557. The number of hydrogen-bond acceptors (Lipinski definition) is 3. The minimum absolute atomic E-state index is 0.0220. The fourth-order valence-corrected chi connectivity index (χ4v) is 3.09. The number of hydrogen-bond donors (Lipinski definition) is 2. The summed E-state index contributed by atoms with van der Waals surface area (Å²) in [7, 11) is 0. The van der Waals surface area contributed by atoms with Gasteiger partial charge in [-0.25, -0.2) is 14.5 Å². The number of carbonyl (C=O) groups is 3. The van der Waals surface area contributed by atoms with Gasteiger partial charge in [0.15, 0.2) is 5.78 Å². The highest BCUT2D eigenvalue weighted by Crippen LogP contribution is 2.15. The summed E-state index contributed by atoms with van der Waals surface area (Å²) in [5.74, 6) is -0.228. The number of nitrogens with zero attached hydrogens (tertiary/aromatic N) is 1. The zero-order valence-electron chi connectivity index (χ0n) is 13.6. The van der Waals surface area contributed by atoms with E-state index in [2.05, 4.69) is 10.6 Å². The maximum Gasteiger partial charge on any atom is 0.326 e. The normalized spacial score (nSPS) is 26.4. The second-order valence-corrected chi connectivity index (χ2v) is 6.30. The number of ketones is 1. The third-order valence-electron chi connectivity index (χ3n) is 4.43. The van der Waals surface area contributed by atoms with Crippen LogP contribution in [0.4, 0.5) is 9.59 Å². The molecular formula is C18H21N3O3. The molecule has 3 atom stereocenters. The Bertz CT molecular complexity index is 671. The monoisotopic (exact) mass is 327 g/mol. The van der Waals surface area contributed by atoms with Crippen molar-refractivity contribution in [3.05, 3.63) is 48.0 Å². The van der Waals surface area contributed by atoms with Gasteiger partial charge in [0.25, 0.3) is 0 Å². The van der Waals surface area contributed by atoms with Crippen molar-refractivity contribution in [3.63, 3.8) is 0 Å². The summed E-state index contributed by atoms with van der Waals surface area (Å²) < 4.78 is 0. The molecule has 2 N–H and O–H groups in total. The van der Waals surface area contributed by atoms with Crippen LogP contribution in [0.25, 0.3) is 0 Å². The molecule has 0 radical (unpaired) electrons. The molecule has 24 heavy (non-hydrogen) atoms. The van der Waals surface area contributed by atoms with Crippen molar-refractivity contribution in [3.8, 4) is 0 Å². The number of nitrogens with one attached hydrogen (secondary N) is 2. The second-order valence-electron chi connectivity index (χ2n) is 6.30. The maximum atomic E-state index is 12.4. The molecule has 2 unspecified atom stereocenters. The van der Waals surface area contributed by atoms with E-state index < -0.39 is 18.1 Å². The fraction of sp³-hybridized carbons (Fsp3) is 0.389. The number of imide groups is 1. The van der Waals surface area contributed by atoms with E-state index in [-0.39, 0.29) is 17.7 Å². The number of urea groups is 2. The summed E-state index contributed by atoms with van der Waals surface area (Å²) >= 11 is 0. The van der Waals surface area contributed by atoms with Crippen molar-refractivity contribution in [2.24, 2.45) is 5.92 Å². The molecule has 1 saturated heterocycles. The molecule has 6 heteroatoms. The smallest absolute Gasteiger partial charge is 0.326 e. The molecular weight excluding hydrogens is 306 g/mol. The van der Waals surface area contributed by atoms with Crippen LogP contribution < -0.4 is 10.6 Å². The molecule has 6 nitrogen and oxygen atoms in total. The largest absolute Gasteiger partial charge is 0.333 e. The predicted molar refractivity (Wildman–Crippen MR) is 89.4 cm³/mol. The second kappa shape index (κ2) is 6.86. The fourth-order valence-electron chi connectivity index (χ4n) is 3.09. The number of benzene rings is 1. The third-order valence-corrected chi connectivity index (χ3v) is 4.43. The molecule has 1 aromatic carbocycles. The van der Waals surface area contributed by atoms with Gasteiger partial charge in [-0.3, -0.25) is 4.79 Å². The Hall–Kier alpha value is -2.63. The molecule has 4 amide bonds. The van der Waals surface area contributed by atoms with Gasteiger partial charge in [-0.1, -0.05) is 49.4 Å². The first kappa shape index (κ1) is 16.2. The van der Waals surface area contributed by atoms with E-state index >= 15 is 0 Å². The minimum Gasteiger partial charge on any atom is -0.333 e. The zero-order valence-corrected chi connectivity index (χ0v) is 13.6. The van der Waals surface area contributed by atoms with Crippen LogP contribution in [0.2, 0.25) is 0 Å². The molecule has 1 aliphatic carbocycles. The molecule has 0 aromatic heterocycles. The number of amides is 4. The molecule has 2 aliphatic rings. The van der Waals surface area contributed by atoms with Gasteiger partial charge in [-0.2, -0.15) is 0 Å².